The zero-order valence-electron chi connectivity index (χ0n) is 17.7. The zero-order chi connectivity index (χ0) is 25.1. The summed E-state index contributed by atoms with van der Waals surface area (Å²) in [5.41, 5.74) is -3.22. The van der Waals surface area contributed by atoms with E-state index in [9.17, 15) is 38.0 Å². The van der Waals surface area contributed by atoms with E-state index in [0.29, 0.717) is 6.07 Å². The molecule has 0 amide bonds. The average molecular weight is 490 g/mol. The molecule has 0 atom stereocenters. The Hall–Kier alpha value is -3.34. The third-order valence-corrected chi connectivity index (χ3v) is 4.69. The van der Waals surface area contributed by atoms with Crippen molar-refractivity contribution in [2.24, 2.45) is 5.41 Å². The first-order valence-electron chi connectivity index (χ1n) is 9.33. The van der Waals surface area contributed by atoms with Crippen LogP contribution in [0.2, 0.25) is 5.02 Å². The summed E-state index contributed by atoms with van der Waals surface area (Å²) in [4.78, 5) is 33.6. The van der Waals surface area contributed by atoms with E-state index in [-0.39, 0.29) is 30.1 Å². The largest absolute Gasteiger partial charge is 0.477 e. The number of hydrogen-bond acceptors (Lipinski definition) is 6. The molecule has 0 aliphatic rings. The van der Waals surface area contributed by atoms with Gasteiger partial charge in [-0.25, -0.2) is 4.79 Å². The van der Waals surface area contributed by atoms with E-state index in [0.717, 1.165) is 18.2 Å². The molecule has 1 N–H and O–H groups in total. The quantitative estimate of drug-likeness (QED) is 0.279. The third-order valence-electron chi connectivity index (χ3n) is 4.40. The number of halogens is 4. The Morgan fingerprint density at radius 1 is 1.18 bits per heavy atom. The number of alkyl halides is 3. The zero-order valence-corrected chi connectivity index (χ0v) is 18.4. The second-order valence-corrected chi connectivity index (χ2v) is 8.31. The highest BCUT2D eigenvalue weighted by Gasteiger charge is 2.32. The highest BCUT2D eigenvalue weighted by atomic mass is 35.5. The van der Waals surface area contributed by atoms with Crippen molar-refractivity contribution in [1.29, 1.82) is 0 Å². The summed E-state index contributed by atoms with van der Waals surface area (Å²) >= 11 is 5.89. The molecule has 2 aromatic rings. The molecule has 2 aromatic carbocycles. The van der Waals surface area contributed by atoms with Crippen LogP contribution in [0, 0.1) is 15.5 Å². The van der Waals surface area contributed by atoms with Gasteiger partial charge in [0.1, 0.15) is 17.1 Å². The number of ether oxygens (including phenoxy) is 2. The number of esters is 1. The van der Waals surface area contributed by atoms with Crippen molar-refractivity contribution in [1.82, 2.24) is 0 Å². The first-order valence-corrected chi connectivity index (χ1v) is 9.71. The molecule has 0 radical (unpaired) electrons. The lowest BCUT2D eigenvalue weighted by Crippen LogP contribution is -2.24. The number of carbonyl (C=O) groups is 2. The third kappa shape index (κ3) is 6.82. The van der Waals surface area contributed by atoms with Gasteiger partial charge in [-0.1, -0.05) is 25.4 Å². The van der Waals surface area contributed by atoms with Gasteiger partial charge in [-0.3, -0.25) is 14.9 Å². The van der Waals surface area contributed by atoms with Gasteiger partial charge in [0.2, 0.25) is 0 Å². The van der Waals surface area contributed by atoms with Crippen LogP contribution in [0.4, 0.5) is 18.9 Å². The maximum Gasteiger partial charge on any atom is 0.416 e. The van der Waals surface area contributed by atoms with E-state index < -0.39 is 50.3 Å². The first-order chi connectivity index (χ1) is 15.1. The van der Waals surface area contributed by atoms with Gasteiger partial charge >= 0.3 is 18.1 Å². The van der Waals surface area contributed by atoms with Crippen molar-refractivity contribution >= 4 is 29.2 Å². The molecule has 33 heavy (non-hydrogen) atoms. The van der Waals surface area contributed by atoms with Crippen LogP contribution >= 0.6 is 11.6 Å². The second-order valence-electron chi connectivity index (χ2n) is 7.91. The molecule has 0 aliphatic heterocycles. The molecular formula is C21H19ClF3NO7. The van der Waals surface area contributed by atoms with Crippen molar-refractivity contribution < 1.29 is 42.3 Å². The second kappa shape index (κ2) is 9.65. The molecule has 0 aliphatic carbocycles. The SMILES string of the molecule is CC(=O)OCC(C)(C)Cc1cc(Oc2ccc(C(F)(F)F)cc2Cl)cc(C(=O)O)c1[N+](=O)[O-]. The van der Waals surface area contributed by atoms with Crippen LogP contribution in [0.5, 0.6) is 11.5 Å². The van der Waals surface area contributed by atoms with Gasteiger partial charge in [0.05, 0.1) is 22.1 Å². The van der Waals surface area contributed by atoms with Crippen molar-refractivity contribution in [2.75, 3.05) is 6.61 Å². The van der Waals surface area contributed by atoms with Gasteiger partial charge < -0.3 is 14.6 Å². The number of nitro benzene ring substituents is 1. The Morgan fingerprint density at radius 3 is 2.30 bits per heavy atom. The molecule has 8 nitrogen and oxygen atoms in total. The normalized spacial score (nSPS) is 11.7. The molecular weight excluding hydrogens is 471 g/mol. The Labute approximate surface area is 191 Å². The molecule has 0 bridgehead atoms. The number of benzene rings is 2. The molecule has 0 saturated heterocycles. The van der Waals surface area contributed by atoms with Crippen molar-refractivity contribution in [2.45, 2.75) is 33.4 Å². The minimum absolute atomic E-state index is 0.0323. The number of nitrogens with zero attached hydrogens (tertiary/aromatic N) is 1. The van der Waals surface area contributed by atoms with Gasteiger partial charge in [0.15, 0.2) is 0 Å². The fourth-order valence-electron chi connectivity index (χ4n) is 2.99. The summed E-state index contributed by atoms with van der Waals surface area (Å²) in [6, 6.07) is 4.42. The lowest BCUT2D eigenvalue weighted by Gasteiger charge is -2.24. The first kappa shape index (κ1) is 25.9. The summed E-state index contributed by atoms with van der Waals surface area (Å²) in [6.45, 7) is 4.40. The monoisotopic (exact) mass is 489 g/mol. The Kier molecular flexibility index (Phi) is 7.58. The van der Waals surface area contributed by atoms with E-state index in [1.54, 1.807) is 13.8 Å². The number of nitro groups is 1. The molecule has 0 unspecified atom stereocenters. The highest BCUT2D eigenvalue weighted by molar-refractivity contribution is 6.32. The van der Waals surface area contributed by atoms with E-state index in [1.807, 2.05) is 0 Å². The Morgan fingerprint density at radius 2 is 1.82 bits per heavy atom. The molecule has 0 saturated carbocycles. The van der Waals surface area contributed by atoms with E-state index in [2.05, 4.69) is 0 Å². The minimum atomic E-state index is -4.63. The summed E-state index contributed by atoms with van der Waals surface area (Å²) in [5.74, 6) is -2.56. The van der Waals surface area contributed by atoms with Crippen molar-refractivity contribution in [3.63, 3.8) is 0 Å². The number of carboxylic acids is 1. The van der Waals surface area contributed by atoms with Crippen LogP contribution in [0.15, 0.2) is 30.3 Å². The highest BCUT2D eigenvalue weighted by Crippen LogP contribution is 2.39. The van der Waals surface area contributed by atoms with Crippen LogP contribution in [-0.4, -0.2) is 28.6 Å². The molecule has 0 heterocycles. The molecule has 0 aromatic heterocycles. The van der Waals surface area contributed by atoms with Gasteiger partial charge in [0.25, 0.3) is 5.69 Å². The Balaban J connectivity index is 2.53. The summed E-state index contributed by atoms with van der Waals surface area (Å²) in [7, 11) is 0. The fraction of sp³-hybridized carbons (Fsp3) is 0.333. The van der Waals surface area contributed by atoms with E-state index >= 15 is 0 Å². The fourth-order valence-corrected chi connectivity index (χ4v) is 3.21. The lowest BCUT2D eigenvalue weighted by molar-refractivity contribution is -0.386. The number of carbonyl (C=O) groups excluding carboxylic acids is 1. The molecule has 12 heteroatoms. The smallest absolute Gasteiger partial charge is 0.416 e. The predicted molar refractivity (Wildman–Crippen MR) is 111 cm³/mol. The van der Waals surface area contributed by atoms with Crippen LogP contribution in [-0.2, 0) is 22.1 Å². The summed E-state index contributed by atoms with van der Waals surface area (Å²) < 4.78 is 49.0. The summed E-state index contributed by atoms with van der Waals surface area (Å²) in [5, 5.41) is 20.8. The predicted octanol–water partition coefficient (Wildman–Crippen LogP) is 5.89. The maximum atomic E-state index is 12.9. The van der Waals surface area contributed by atoms with Crippen LogP contribution in [0.3, 0.4) is 0 Å². The van der Waals surface area contributed by atoms with Crippen LogP contribution in [0.1, 0.15) is 42.3 Å². The topological polar surface area (TPSA) is 116 Å². The maximum absolute atomic E-state index is 12.9. The molecule has 178 valence electrons. The number of aromatic carboxylic acids is 1. The van der Waals surface area contributed by atoms with Gasteiger partial charge in [-0.2, -0.15) is 13.2 Å². The minimum Gasteiger partial charge on any atom is -0.477 e. The van der Waals surface area contributed by atoms with Crippen LogP contribution in [0.25, 0.3) is 0 Å². The number of rotatable bonds is 8. The number of hydrogen-bond donors (Lipinski definition) is 1. The van der Waals surface area contributed by atoms with Crippen LogP contribution < -0.4 is 4.74 Å². The van der Waals surface area contributed by atoms with E-state index in [1.165, 1.54) is 13.0 Å². The van der Waals surface area contributed by atoms with Crippen molar-refractivity contribution in [3.05, 3.63) is 62.2 Å². The van der Waals surface area contributed by atoms with E-state index in [4.69, 9.17) is 21.1 Å². The number of carboxylic acid groups (broad SMARTS) is 1. The molecule has 0 spiro atoms. The average Bonchev–Trinajstić information content (AvgIpc) is 2.66. The summed E-state index contributed by atoms with van der Waals surface area (Å²) in [6.07, 6.45) is -4.71. The standard InChI is InChI=1S/C21H19ClF3NO7/c1-11(27)32-10-20(2,3)9-12-6-14(8-15(19(28)29)18(12)26(30)31)33-17-5-4-13(7-16(17)22)21(23,24)25/h4-8H,9-10H2,1-3H3,(H,28,29). The van der Waals surface area contributed by atoms with Crippen molar-refractivity contribution in [3.8, 4) is 11.5 Å². The van der Waals surface area contributed by atoms with Gasteiger partial charge in [0, 0.05) is 24.0 Å². The van der Waals surface area contributed by atoms with Gasteiger partial charge in [-0.15, -0.1) is 0 Å². The molecule has 0 fully saturated rings. The molecule has 2 rings (SSSR count). The Bertz CT molecular complexity index is 1100. The van der Waals surface area contributed by atoms with Gasteiger partial charge in [-0.05, 0) is 30.7 Å². The lowest BCUT2D eigenvalue weighted by atomic mass is 9.85.